The van der Waals surface area contributed by atoms with Crippen LogP contribution in [0.5, 0.6) is 23.0 Å². The van der Waals surface area contributed by atoms with Gasteiger partial charge in [0.25, 0.3) is 0 Å². The number of rotatable bonds is 12. The third-order valence-electron chi connectivity index (χ3n) is 7.31. The first-order valence-electron chi connectivity index (χ1n) is 14.5. The van der Waals surface area contributed by atoms with Gasteiger partial charge in [-0.2, -0.15) is 0 Å². The summed E-state index contributed by atoms with van der Waals surface area (Å²) >= 11 is 0. The number of carbonyl (C=O) groups is 3. The molecular weight excluding hydrogens is 664 g/mol. The SMILES string of the molecule is NC(N)=NCCC[C@H](NC(=O)Cn1cc(COC(=O)c2c(O)c(O)cc3occ(-c4c[nH]c5cc(O)c(O)cc5c4=O)c(=O)c23)nn1)C(=O)O. The smallest absolute Gasteiger partial charge is 0.343 e. The summed E-state index contributed by atoms with van der Waals surface area (Å²) in [7, 11) is 0. The molecule has 5 aromatic rings. The van der Waals surface area contributed by atoms with Crippen LogP contribution in [0.1, 0.15) is 28.9 Å². The maximum atomic E-state index is 13.7. The minimum atomic E-state index is -1.31. The molecule has 0 saturated heterocycles. The summed E-state index contributed by atoms with van der Waals surface area (Å²) in [6.45, 7) is -0.876. The highest BCUT2D eigenvalue weighted by Gasteiger charge is 2.27. The Hall–Kier alpha value is -7.12. The number of H-pyrrole nitrogens is 1. The molecule has 0 unspecified atom stereocenters. The lowest BCUT2D eigenvalue weighted by atomic mass is 10.0. The third-order valence-corrected chi connectivity index (χ3v) is 7.31. The fourth-order valence-electron chi connectivity index (χ4n) is 4.93. The second-order valence-electron chi connectivity index (χ2n) is 10.8. The normalized spacial score (nSPS) is 11.7. The first kappa shape index (κ1) is 34.2. The third kappa shape index (κ3) is 7.07. The highest BCUT2D eigenvalue weighted by atomic mass is 16.5. The monoisotopic (exact) mass is 692 g/mol. The fourth-order valence-corrected chi connectivity index (χ4v) is 4.93. The molecule has 0 aliphatic rings. The molecule has 0 spiro atoms. The number of carboxylic acid groups (broad SMARTS) is 1. The predicted molar refractivity (Wildman–Crippen MR) is 171 cm³/mol. The molecule has 1 atom stereocenters. The van der Waals surface area contributed by atoms with Gasteiger partial charge in [-0.25, -0.2) is 14.3 Å². The van der Waals surface area contributed by atoms with Crippen LogP contribution in [0.15, 0.2) is 55.9 Å². The van der Waals surface area contributed by atoms with Crippen molar-refractivity contribution in [1.82, 2.24) is 25.3 Å². The second-order valence-corrected chi connectivity index (χ2v) is 10.8. The van der Waals surface area contributed by atoms with Crippen molar-refractivity contribution in [2.24, 2.45) is 16.5 Å². The average molecular weight is 693 g/mol. The summed E-state index contributed by atoms with van der Waals surface area (Å²) in [5.74, 6) is -6.37. The summed E-state index contributed by atoms with van der Waals surface area (Å²) in [6.07, 6.45) is 3.60. The fraction of sp³-hybridized carbons (Fsp3) is 0.200. The van der Waals surface area contributed by atoms with Gasteiger partial charge >= 0.3 is 11.9 Å². The van der Waals surface area contributed by atoms with Crippen molar-refractivity contribution < 1.29 is 49.1 Å². The number of phenolic OH excluding ortho intramolecular Hbond substituents is 4. The Labute approximate surface area is 277 Å². The summed E-state index contributed by atoms with van der Waals surface area (Å²) in [5, 5.41) is 59.2. The number of guanidine groups is 1. The number of aromatic nitrogens is 4. The number of esters is 1. The number of nitrogens with zero attached hydrogens (tertiary/aromatic N) is 4. The molecule has 11 N–H and O–H groups in total. The largest absolute Gasteiger partial charge is 0.504 e. The number of aliphatic carboxylic acids is 1. The van der Waals surface area contributed by atoms with Gasteiger partial charge in [-0.3, -0.25) is 19.4 Å². The van der Waals surface area contributed by atoms with E-state index in [0.717, 1.165) is 35.3 Å². The Morgan fingerprint density at radius 1 is 1.04 bits per heavy atom. The number of ether oxygens (including phenoxy) is 1. The van der Waals surface area contributed by atoms with Gasteiger partial charge in [-0.05, 0) is 18.9 Å². The van der Waals surface area contributed by atoms with Gasteiger partial charge in [0.2, 0.25) is 11.3 Å². The molecule has 2 aromatic carbocycles. The van der Waals surface area contributed by atoms with Crippen LogP contribution in [-0.2, 0) is 27.5 Å². The van der Waals surface area contributed by atoms with Gasteiger partial charge in [-0.15, -0.1) is 5.10 Å². The van der Waals surface area contributed by atoms with Crippen LogP contribution in [0.3, 0.4) is 0 Å². The molecule has 5 rings (SSSR count). The summed E-state index contributed by atoms with van der Waals surface area (Å²) in [5.41, 5.74) is 7.18. The number of aromatic amines is 1. The quantitative estimate of drug-likeness (QED) is 0.0266. The van der Waals surface area contributed by atoms with Crippen LogP contribution in [0.25, 0.3) is 33.0 Å². The zero-order valence-electron chi connectivity index (χ0n) is 25.6. The minimum absolute atomic E-state index is 0.00632. The molecular formula is C30H28N8O12. The lowest BCUT2D eigenvalue weighted by Crippen LogP contribution is -2.42. The summed E-state index contributed by atoms with van der Waals surface area (Å²) in [6, 6.07) is 1.76. The Bertz CT molecular complexity index is 2310. The Kier molecular flexibility index (Phi) is 9.53. The van der Waals surface area contributed by atoms with E-state index in [0.29, 0.717) is 0 Å². The number of nitrogens with two attached hydrogens (primary N) is 2. The zero-order chi connectivity index (χ0) is 36.3. The molecule has 20 heteroatoms. The first-order valence-corrected chi connectivity index (χ1v) is 14.5. The number of hydrogen-bond donors (Lipinski definition) is 9. The van der Waals surface area contributed by atoms with E-state index in [1.165, 1.54) is 6.20 Å². The standard InChI is InChI=1S/C30H28N8O12/c31-30(32)33-3-1-2-16(28(46)47)35-22(42)9-38-8-12(36-37-38)10-50-29(48)24-23-21(6-20(41)27(24)45)49-11-15(26(23)44)14-7-34-17-5-19(40)18(39)4-13(17)25(14)43/h4-8,11,16,39-41,45H,1-3,9-10H2,(H,34,43)(H,35,42)(H,46,47)(H4,31,32,33)/t16-/m0/s1. The number of fused-ring (bicyclic) bond motifs is 2. The van der Waals surface area contributed by atoms with Gasteiger partial charge in [0.05, 0.1) is 33.6 Å². The number of pyridine rings is 1. The highest BCUT2D eigenvalue weighted by Crippen LogP contribution is 2.36. The van der Waals surface area contributed by atoms with Crippen LogP contribution in [-0.4, -0.2) is 81.9 Å². The van der Waals surface area contributed by atoms with E-state index < -0.39 is 81.8 Å². The van der Waals surface area contributed by atoms with Crippen molar-refractivity contribution in [3.05, 3.63) is 68.6 Å². The van der Waals surface area contributed by atoms with Crippen molar-refractivity contribution in [3.8, 4) is 34.1 Å². The minimum Gasteiger partial charge on any atom is -0.504 e. The van der Waals surface area contributed by atoms with Gasteiger partial charge in [0, 0.05) is 24.9 Å². The van der Waals surface area contributed by atoms with Crippen molar-refractivity contribution >= 4 is 45.7 Å². The Balaban J connectivity index is 1.35. The number of aliphatic imine (C=N–C) groups is 1. The summed E-state index contributed by atoms with van der Waals surface area (Å²) < 4.78 is 11.7. The van der Waals surface area contributed by atoms with E-state index in [1.807, 2.05) is 0 Å². The summed E-state index contributed by atoms with van der Waals surface area (Å²) in [4.78, 5) is 70.7. The van der Waals surface area contributed by atoms with E-state index in [4.69, 9.17) is 20.6 Å². The number of carboxylic acids is 1. The van der Waals surface area contributed by atoms with Crippen LogP contribution in [0.2, 0.25) is 0 Å². The molecule has 1 amide bonds. The molecule has 260 valence electrons. The van der Waals surface area contributed by atoms with Crippen molar-refractivity contribution in [2.75, 3.05) is 6.54 Å². The maximum absolute atomic E-state index is 13.7. The van der Waals surface area contributed by atoms with Crippen LogP contribution >= 0.6 is 0 Å². The number of nitrogens with one attached hydrogen (secondary N) is 2. The Morgan fingerprint density at radius 2 is 1.78 bits per heavy atom. The van der Waals surface area contributed by atoms with Crippen molar-refractivity contribution in [2.45, 2.75) is 32.0 Å². The van der Waals surface area contributed by atoms with Gasteiger partial charge in [0.15, 0.2) is 34.4 Å². The predicted octanol–water partition coefficient (Wildman–Crippen LogP) is -0.305. The molecule has 20 nitrogen and oxygen atoms in total. The van der Waals surface area contributed by atoms with E-state index in [1.54, 1.807) is 0 Å². The molecule has 0 radical (unpaired) electrons. The first-order chi connectivity index (χ1) is 23.7. The van der Waals surface area contributed by atoms with Crippen LogP contribution in [0.4, 0.5) is 0 Å². The highest BCUT2D eigenvalue weighted by molar-refractivity contribution is 6.07. The number of carbonyl (C=O) groups excluding carboxylic acids is 2. The number of phenols is 4. The lowest BCUT2D eigenvalue weighted by molar-refractivity contribution is -0.142. The topological polar surface area (TPSA) is 332 Å². The van der Waals surface area contributed by atoms with Crippen molar-refractivity contribution in [3.63, 3.8) is 0 Å². The van der Waals surface area contributed by atoms with Gasteiger partial charge in [0.1, 0.15) is 42.3 Å². The van der Waals surface area contributed by atoms with Gasteiger partial charge in [-0.1, -0.05) is 5.21 Å². The van der Waals surface area contributed by atoms with E-state index >= 15 is 0 Å². The van der Waals surface area contributed by atoms with E-state index in [-0.39, 0.29) is 58.7 Å². The van der Waals surface area contributed by atoms with Gasteiger partial charge < -0.3 is 56.5 Å². The van der Waals surface area contributed by atoms with E-state index in [9.17, 15) is 49.5 Å². The molecule has 3 heterocycles. The van der Waals surface area contributed by atoms with Crippen LogP contribution in [0, 0.1) is 0 Å². The number of hydrogen-bond acceptors (Lipinski definition) is 14. The molecule has 50 heavy (non-hydrogen) atoms. The molecule has 0 fully saturated rings. The van der Waals surface area contributed by atoms with Crippen molar-refractivity contribution in [1.29, 1.82) is 0 Å². The zero-order valence-corrected chi connectivity index (χ0v) is 25.6. The van der Waals surface area contributed by atoms with E-state index in [2.05, 4.69) is 25.6 Å². The lowest BCUT2D eigenvalue weighted by Gasteiger charge is -2.13. The molecule has 3 aromatic heterocycles. The number of amides is 1. The maximum Gasteiger partial charge on any atom is 0.343 e. The Morgan fingerprint density at radius 3 is 2.50 bits per heavy atom. The number of benzene rings is 2. The average Bonchev–Trinajstić information content (AvgIpc) is 3.50. The number of aromatic hydroxyl groups is 4. The molecule has 0 aliphatic carbocycles. The molecule has 0 bridgehead atoms. The second kappa shape index (κ2) is 13.9. The molecule has 0 saturated carbocycles. The van der Waals surface area contributed by atoms with Crippen LogP contribution < -0.4 is 27.6 Å². The molecule has 0 aliphatic heterocycles.